The molecule has 0 spiro atoms. The minimum absolute atomic E-state index is 0.128. The van der Waals surface area contributed by atoms with Crippen molar-refractivity contribution in [2.45, 2.75) is 44.8 Å². The van der Waals surface area contributed by atoms with Crippen LogP contribution in [-0.2, 0) is 9.53 Å². The number of carbonyl (C=O) groups is 1. The van der Waals surface area contributed by atoms with Gasteiger partial charge in [-0.05, 0) is 24.0 Å². The van der Waals surface area contributed by atoms with Crippen molar-refractivity contribution < 1.29 is 14.3 Å². The van der Waals surface area contributed by atoms with Gasteiger partial charge in [-0.15, -0.1) is 0 Å². The maximum absolute atomic E-state index is 11.3. The molecule has 3 atom stereocenters. The molecule has 2 rings (SSSR count). The molecule has 3 unspecified atom stereocenters. The van der Waals surface area contributed by atoms with Crippen molar-refractivity contribution in [3.8, 4) is 5.75 Å². The van der Waals surface area contributed by atoms with Gasteiger partial charge >= 0.3 is 0 Å². The number of benzene rings is 1. The molecule has 0 saturated heterocycles. The average molecular weight is 248 g/mol. The maximum atomic E-state index is 11.3. The van der Waals surface area contributed by atoms with Gasteiger partial charge in [0.1, 0.15) is 11.9 Å². The minimum atomic E-state index is -0.394. The van der Waals surface area contributed by atoms with Gasteiger partial charge in [0.15, 0.2) is 11.9 Å². The average Bonchev–Trinajstić information content (AvgIpc) is 2.38. The standard InChI is InChI=1S/C15H20O3/c1-4-10(2)11-7-5-6-8-13(11)18-14-9-12(16)15(14)17-3/h5-8,10,14-15H,4,9H2,1-3H3. The van der Waals surface area contributed by atoms with Crippen LogP contribution in [0.1, 0.15) is 38.2 Å². The molecule has 98 valence electrons. The topological polar surface area (TPSA) is 35.5 Å². The second-order valence-electron chi connectivity index (χ2n) is 4.83. The molecular weight excluding hydrogens is 228 g/mol. The lowest BCUT2D eigenvalue weighted by molar-refractivity contribution is -0.151. The third kappa shape index (κ3) is 2.41. The van der Waals surface area contributed by atoms with Crippen LogP contribution in [0.25, 0.3) is 0 Å². The number of carbonyl (C=O) groups excluding carboxylic acids is 1. The highest BCUT2D eigenvalue weighted by Gasteiger charge is 2.42. The Morgan fingerprint density at radius 3 is 2.72 bits per heavy atom. The van der Waals surface area contributed by atoms with Gasteiger partial charge in [-0.25, -0.2) is 0 Å². The molecule has 3 nitrogen and oxygen atoms in total. The Morgan fingerprint density at radius 1 is 1.39 bits per heavy atom. The molecule has 0 N–H and O–H groups in total. The summed E-state index contributed by atoms with van der Waals surface area (Å²) in [5.41, 5.74) is 1.20. The normalized spacial score (nSPS) is 24.5. The fourth-order valence-corrected chi connectivity index (χ4v) is 2.23. The van der Waals surface area contributed by atoms with Crippen LogP contribution in [0, 0.1) is 0 Å². The molecule has 0 bridgehead atoms. The second-order valence-corrected chi connectivity index (χ2v) is 4.83. The Morgan fingerprint density at radius 2 is 2.11 bits per heavy atom. The largest absolute Gasteiger partial charge is 0.486 e. The Kier molecular flexibility index (Phi) is 4.02. The summed E-state index contributed by atoms with van der Waals surface area (Å²) in [5.74, 6) is 1.47. The lowest BCUT2D eigenvalue weighted by atomic mass is 9.89. The highest BCUT2D eigenvalue weighted by atomic mass is 16.5. The van der Waals surface area contributed by atoms with Crippen LogP contribution in [0.3, 0.4) is 0 Å². The van der Waals surface area contributed by atoms with Crippen molar-refractivity contribution in [1.29, 1.82) is 0 Å². The fraction of sp³-hybridized carbons (Fsp3) is 0.533. The van der Waals surface area contributed by atoms with E-state index in [4.69, 9.17) is 9.47 Å². The molecule has 1 aliphatic rings. The highest BCUT2D eigenvalue weighted by molar-refractivity contribution is 5.90. The first-order valence-electron chi connectivity index (χ1n) is 6.48. The first-order valence-corrected chi connectivity index (χ1v) is 6.48. The summed E-state index contributed by atoms with van der Waals surface area (Å²) < 4.78 is 11.1. The van der Waals surface area contributed by atoms with Gasteiger partial charge < -0.3 is 9.47 Å². The van der Waals surface area contributed by atoms with Gasteiger partial charge in [0.2, 0.25) is 0 Å². The van der Waals surface area contributed by atoms with Crippen LogP contribution in [0.15, 0.2) is 24.3 Å². The molecular formula is C15H20O3. The monoisotopic (exact) mass is 248 g/mol. The molecule has 1 fully saturated rings. The van der Waals surface area contributed by atoms with Gasteiger partial charge in [-0.3, -0.25) is 4.79 Å². The van der Waals surface area contributed by atoms with Crippen molar-refractivity contribution in [2.75, 3.05) is 7.11 Å². The van der Waals surface area contributed by atoms with E-state index in [1.807, 2.05) is 18.2 Å². The van der Waals surface area contributed by atoms with Crippen LogP contribution in [-0.4, -0.2) is 25.1 Å². The number of Topliss-reactive ketones (excluding diaryl/α,β-unsaturated/α-hetero) is 1. The fourth-order valence-electron chi connectivity index (χ4n) is 2.23. The van der Waals surface area contributed by atoms with E-state index in [1.165, 1.54) is 5.56 Å². The lowest BCUT2D eigenvalue weighted by Crippen LogP contribution is -2.51. The summed E-state index contributed by atoms with van der Waals surface area (Å²) in [6.45, 7) is 4.34. The number of para-hydroxylation sites is 1. The number of ether oxygens (including phenoxy) is 2. The van der Waals surface area contributed by atoms with Crippen LogP contribution in [0.4, 0.5) is 0 Å². The van der Waals surface area contributed by atoms with Crippen LogP contribution >= 0.6 is 0 Å². The number of hydrogen-bond donors (Lipinski definition) is 0. The van der Waals surface area contributed by atoms with E-state index in [0.29, 0.717) is 12.3 Å². The zero-order valence-corrected chi connectivity index (χ0v) is 11.2. The highest BCUT2D eigenvalue weighted by Crippen LogP contribution is 2.32. The minimum Gasteiger partial charge on any atom is -0.486 e. The first kappa shape index (κ1) is 13.1. The Bertz CT molecular complexity index is 428. The molecule has 0 aromatic heterocycles. The van der Waals surface area contributed by atoms with Gasteiger partial charge in [0, 0.05) is 13.5 Å². The van der Waals surface area contributed by atoms with Crippen molar-refractivity contribution in [3.63, 3.8) is 0 Å². The number of rotatable bonds is 5. The summed E-state index contributed by atoms with van der Waals surface area (Å²) >= 11 is 0. The molecule has 1 aromatic carbocycles. The second kappa shape index (κ2) is 5.53. The van der Waals surface area contributed by atoms with E-state index in [0.717, 1.165) is 12.2 Å². The quantitative estimate of drug-likeness (QED) is 0.803. The molecule has 1 aliphatic carbocycles. The summed E-state index contributed by atoms with van der Waals surface area (Å²) in [5, 5.41) is 0. The molecule has 1 saturated carbocycles. The van der Waals surface area contributed by atoms with Gasteiger partial charge in [-0.2, -0.15) is 0 Å². The predicted octanol–water partition coefficient (Wildman–Crippen LogP) is 2.94. The summed E-state index contributed by atoms with van der Waals surface area (Å²) in [6, 6.07) is 8.04. The Balaban J connectivity index is 2.12. The molecule has 0 amide bonds. The first-order chi connectivity index (χ1) is 8.67. The van der Waals surface area contributed by atoms with E-state index in [9.17, 15) is 4.79 Å². The number of ketones is 1. The summed E-state index contributed by atoms with van der Waals surface area (Å²) in [7, 11) is 1.55. The van der Waals surface area contributed by atoms with Crippen LogP contribution in [0.2, 0.25) is 0 Å². The van der Waals surface area contributed by atoms with Gasteiger partial charge in [0.25, 0.3) is 0 Å². The van der Waals surface area contributed by atoms with E-state index in [-0.39, 0.29) is 11.9 Å². The van der Waals surface area contributed by atoms with Gasteiger partial charge in [0.05, 0.1) is 0 Å². The van der Waals surface area contributed by atoms with Gasteiger partial charge in [-0.1, -0.05) is 32.0 Å². The third-order valence-corrected chi connectivity index (χ3v) is 3.65. The van der Waals surface area contributed by atoms with Crippen LogP contribution < -0.4 is 4.74 Å². The van der Waals surface area contributed by atoms with Crippen molar-refractivity contribution in [1.82, 2.24) is 0 Å². The van der Waals surface area contributed by atoms with E-state index >= 15 is 0 Å². The molecule has 0 heterocycles. The maximum Gasteiger partial charge on any atom is 0.169 e. The number of hydrogen-bond acceptors (Lipinski definition) is 3. The lowest BCUT2D eigenvalue weighted by Gasteiger charge is -2.34. The zero-order valence-electron chi connectivity index (χ0n) is 11.2. The number of methoxy groups -OCH3 is 1. The van der Waals surface area contributed by atoms with E-state index in [2.05, 4.69) is 19.9 Å². The summed E-state index contributed by atoms with van der Waals surface area (Å²) in [6.07, 6.45) is 0.994. The van der Waals surface area contributed by atoms with Crippen LogP contribution in [0.5, 0.6) is 5.75 Å². The molecule has 18 heavy (non-hydrogen) atoms. The molecule has 3 heteroatoms. The molecule has 1 aromatic rings. The Labute approximate surface area is 108 Å². The third-order valence-electron chi connectivity index (χ3n) is 3.65. The molecule has 0 aliphatic heterocycles. The van der Waals surface area contributed by atoms with Crippen molar-refractivity contribution in [3.05, 3.63) is 29.8 Å². The summed E-state index contributed by atoms with van der Waals surface area (Å²) in [4.78, 5) is 11.3. The van der Waals surface area contributed by atoms with Crippen molar-refractivity contribution >= 4 is 5.78 Å². The van der Waals surface area contributed by atoms with E-state index in [1.54, 1.807) is 7.11 Å². The zero-order chi connectivity index (χ0) is 13.1. The van der Waals surface area contributed by atoms with E-state index < -0.39 is 6.10 Å². The predicted molar refractivity (Wildman–Crippen MR) is 70.0 cm³/mol. The molecule has 0 radical (unpaired) electrons. The Hall–Kier alpha value is -1.35. The smallest absolute Gasteiger partial charge is 0.169 e. The SMILES string of the molecule is CCC(C)c1ccccc1OC1CC(=O)C1OC. The van der Waals surface area contributed by atoms with Crippen molar-refractivity contribution in [2.24, 2.45) is 0 Å².